The number of aromatic nitrogens is 2. The third-order valence-corrected chi connectivity index (χ3v) is 5.80. The molecule has 1 aliphatic heterocycles. The van der Waals surface area contributed by atoms with Crippen LogP contribution in [-0.4, -0.2) is 48.0 Å². The lowest BCUT2D eigenvalue weighted by molar-refractivity contribution is -0.159. The van der Waals surface area contributed by atoms with Crippen LogP contribution in [0, 0.1) is 5.41 Å². The van der Waals surface area contributed by atoms with Crippen LogP contribution in [-0.2, 0) is 22.5 Å². The van der Waals surface area contributed by atoms with Gasteiger partial charge in [0.15, 0.2) is 0 Å². The highest BCUT2D eigenvalue weighted by Crippen LogP contribution is 2.37. The van der Waals surface area contributed by atoms with Crippen LogP contribution in [0.4, 0.5) is 0 Å². The second kappa shape index (κ2) is 8.83. The molecule has 30 heavy (non-hydrogen) atoms. The van der Waals surface area contributed by atoms with Gasteiger partial charge in [0.05, 0.1) is 19.1 Å². The molecule has 7 heteroatoms. The molecule has 158 valence electrons. The zero-order valence-electron chi connectivity index (χ0n) is 17.5. The Kier molecular flexibility index (Phi) is 5.99. The highest BCUT2D eigenvalue weighted by molar-refractivity contribution is 5.78. The number of carbonyl (C=O) groups is 1. The second-order valence-electron chi connectivity index (χ2n) is 7.89. The molecular weight excluding hydrogens is 382 g/mol. The summed E-state index contributed by atoms with van der Waals surface area (Å²) in [6.07, 6.45) is 2.35. The first-order valence-corrected chi connectivity index (χ1v) is 10.4. The Balaban J connectivity index is 1.59. The van der Waals surface area contributed by atoms with Crippen molar-refractivity contribution in [1.82, 2.24) is 15.2 Å². The van der Waals surface area contributed by atoms with E-state index in [1.807, 2.05) is 49.4 Å². The van der Waals surface area contributed by atoms with E-state index in [1.54, 1.807) is 7.11 Å². The Hall–Kier alpha value is -2.93. The fourth-order valence-electron chi connectivity index (χ4n) is 4.43. The summed E-state index contributed by atoms with van der Waals surface area (Å²) in [5, 5.41) is 7.99. The smallest absolute Gasteiger partial charge is 0.313 e. The maximum Gasteiger partial charge on any atom is 0.313 e. The van der Waals surface area contributed by atoms with Gasteiger partial charge in [0.2, 0.25) is 0 Å². The first-order valence-electron chi connectivity index (χ1n) is 10.4. The summed E-state index contributed by atoms with van der Waals surface area (Å²) in [7, 11) is 1.65. The van der Waals surface area contributed by atoms with Crippen molar-refractivity contribution in [2.75, 3.05) is 26.8 Å². The largest absolute Gasteiger partial charge is 0.497 e. The predicted octanol–water partition coefficient (Wildman–Crippen LogP) is 3.62. The van der Waals surface area contributed by atoms with Gasteiger partial charge < -0.3 is 9.47 Å². The summed E-state index contributed by atoms with van der Waals surface area (Å²) in [6, 6.07) is 13.8. The van der Waals surface area contributed by atoms with Gasteiger partial charge in [-0.15, -0.1) is 0 Å². The highest BCUT2D eigenvalue weighted by Gasteiger charge is 2.43. The van der Waals surface area contributed by atoms with Gasteiger partial charge >= 0.3 is 5.97 Å². The lowest BCUT2D eigenvalue weighted by Gasteiger charge is -2.41. The summed E-state index contributed by atoms with van der Waals surface area (Å²) in [6.45, 7) is 4.47. The van der Waals surface area contributed by atoms with E-state index < -0.39 is 5.41 Å². The Morgan fingerprint density at radius 1 is 1.23 bits per heavy atom. The molecule has 1 saturated heterocycles. The minimum Gasteiger partial charge on any atom is -0.497 e. The van der Waals surface area contributed by atoms with Gasteiger partial charge in [0.1, 0.15) is 16.8 Å². The minimum atomic E-state index is -0.587. The number of ether oxygens (including phenoxy) is 2. The molecule has 0 spiro atoms. The van der Waals surface area contributed by atoms with Gasteiger partial charge in [-0.3, -0.25) is 9.69 Å². The van der Waals surface area contributed by atoms with E-state index in [1.165, 1.54) is 0 Å². The number of carbonyl (C=O) groups excluding carboxylic acids is 1. The molecular formula is C23H27N3O4. The number of likely N-dealkylation sites (tertiary alicyclic amines) is 1. The zero-order valence-corrected chi connectivity index (χ0v) is 17.5. The summed E-state index contributed by atoms with van der Waals surface area (Å²) in [5.41, 5.74) is 3.06. The van der Waals surface area contributed by atoms with Gasteiger partial charge in [0.25, 0.3) is 0 Å². The van der Waals surface area contributed by atoms with Gasteiger partial charge in [0, 0.05) is 13.1 Å². The van der Waals surface area contributed by atoms with Gasteiger partial charge in [-0.2, -0.15) is 0 Å². The SMILES string of the molecule is CCOC(=O)C1(Cc2cccc(OC)c2)CCCN(Cc2cccc3nonc23)C1. The average Bonchev–Trinajstić information content (AvgIpc) is 3.24. The van der Waals surface area contributed by atoms with Gasteiger partial charge in [-0.25, -0.2) is 4.63 Å². The number of methoxy groups -OCH3 is 1. The predicted molar refractivity (Wildman–Crippen MR) is 112 cm³/mol. The first-order chi connectivity index (χ1) is 14.6. The molecule has 0 radical (unpaired) electrons. The molecule has 0 saturated carbocycles. The monoisotopic (exact) mass is 409 g/mol. The number of esters is 1. The standard InChI is InChI=1S/C23H27N3O4/c1-3-29-22(27)23(14-17-7-4-9-19(13-17)28-2)11-6-12-26(16-23)15-18-8-5-10-20-21(18)25-30-24-20/h4-5,7-10,13H,3,6,11-12,14-16H2,1-2H3. The topological polar surface area (TPSA) is 77.7 Å². The Bertz CT molecular complexity index is 1020. The molecule has 7 nitrogen and oxygen atoms in total. The van der Waals surface area contributed by atoms with Gasteiger partial charge in [-0.05, 0) is 72.4 Å². The maximum atomic E-state index is 13.1. The van der Waals surface area contributed by atoms with Crippen molar-refractivity contribution in [1.29, 1.82) is 0 Å². The molecule has 1 aromatic heterocycles. The Morgan fingerprint density at radius 3 is 2.93 bits per heavy atom. The zero-order chi connectivity index (χ0) is 21.0. The van der Waals surface area contributed by atoms with Crippen molar-refractivity contribution in [3.63, 3.8) is 0 Å². The van der Waals surface area contributed by atoms with Gasteiger partial charge in [-0.1, -0.05) is 24.3 Å². The number of benzene rings is 2. The van der Waals surface area contributed by atoms with E-state index in [2.05, 4.69) is 15.2 Å². The molecule has 1 unspecified atom stereocenters. The molecule has 3 aromatic rings. The average molecular weight is 409 g/mol. The highest BCUT2D eigenvalue weighted by atomic mass is 16.6. The molecule has 0 amide bonds. The van der Waals surface area contributed by atoms with Crippen molar-refractivity contribution in [2.24, 2.45) is 5.41 Å². The first kappa shape index (κ1) is 20.3. The minimum absolute atomic E-state index is 0.126. The molecule has 4 rings (SSSR count). The van der Waals surface area contributed by atoms with Crippen LogP contribution >= 0.6 is 0 Å². The Morgan fingerprint density at radius 2 is 2.10 bits per heavy atom. The molecule has 1 atom stereocenters. The summed E-state index contributed by atoms with van der Waals surface area (Å²) < 4.78 is 15.8. The van der Waals surface area contributed by atoms with Crippen LogP contribution in [0.1, 0.15) is 30.9 Å². The van der Waals surface area contributed by atoms with E-state index >= 15 is 0 Å². The molecule has 1 aliphatic rings. The third kappa shape index (κ3) is 4.16. The lowest BCUT2D eigenvalue weighted by atomic mass is 9.75. The summed E-state index contributed by atoms with van der Waals surface area (Å²) in [5.74, 6) is 0.670. The second-order valence-corrected chi connectivity index (χ2v) is 7.89. The quantitative estimate of drug-likeness (QED) is 0.552. The van der Waals surface area contributed by atoms with Crippen LogP contribution in [0.2, 0.25) is 0 Å². The van der Waals surface area contributed by atoms with E-state index in [0.29, 0.717) is 26.1 Å². The number of rotatable bonds is 7. The van der Waals surface area contributed by atoms with Crippen molar-refractivity contribution >= 4 is 17.0 Å². The summed E-state index contributed by atoms with van der Waals surface area (Å²) in [4.78, 5) is 15.4. The maximum absolute atomic E-state index is 13.1. The van der Waals surface area contributed by atoms with E-state index in [0.717, 1.165) is 47.3 Å². The normalized spacial score (nSPS) is 19.7. The molecule has 1 fully saturated rings. The van der Waals surface area contributed by atoms with E-state index in [9.17, 15) is 4.79 Å². The van der Waals surface area contributed by atoms with Crippen molar-refractivity contribution in [3.05, 3.63) is 53.6 Å². The third-order valence-electron chi connectivity index (χ3n) is 5.80. The molecule has 0 bridgehead atoms. The fraction of sp³-hybridized carbons (Fsp3) is 0.435. The van der Waals surface area contributed by atoms with Crippen molar-refractivity contribution < 1.29 is 18.9 Å². The van der Waals surface area contributed by atoms with E-state index in [-0.39, 0.29) is 5.97 Å². The number of hydrogen-bond acceptors (Lipinski definition) is 7. The number of fused-ring (bicyclic) bond motifs is 1. The van der Waals surface area contributed by atoms with Crippen LogP contribution in [0.5, 0.6) is 5.75 Å². The number of piperidine rings is 1. The van der Waals surface area contributed by atoms with Crippen LogP contribution in [0.3, 0.4) is 0 Å². The fourth-order valence-corrected chi connectivity index (χ4v) is 4.43. The van der Waals surface area contributed by atoms with Crippen LogP contribution in [0.25, 0.3) is 11.0 Å². The Labute approximate surface area is 175 Å². The number of hydrogen-bond donors (Lipinski definition) is 0. The van der Waals surface area contributed by atoms with Crippen molar-refractivity contribution in [2.45, 2.75) is 32.7 Å². The summed E-state index contributed by atoms with van der Waals surface area (Å²) >= 11 is 0. The van der Waals surface area contributed by atoms with Crippen LogP contribution in [0.15, 0.2) is 47.1 Å². The molecule has 2 heterocycles. The number of nitrogens with zero attached hydrogens (tertiary/aromatic N) is 3. The molecule has 0 N–H and O–H groups in total. The molecule has 2 aromatic carbocycles. The van der Waals surface area contributed by atoms with E-state index in [4.69, 9.17) is 14.1 Å². The lowest BCUT2D eigenvalue weighted by Crippen LogP contribution is -2.49. The molecule has 0 aliphatic carbocycles. The van der Waals surface area contributed by atoms with Crippen LogP contribution < -0.4 is 4.74 Å². The van der Waals surface area contributed by atoms with Crippen molar-refractivity contribution in [3.8, 4) is 5.75 Å².